The van der Waals surface area contributed by atoms with Crippen LogP contribution in [0.4, 0.5) is 5.69 Å². The predicted molar refractivity (Wildman–Crippen MR) is 104 cm³/mol. The predicted octanol–water partition coefficient (Wildman–Crippen LogP) is 2.47. The molecule has 2 aromatic carbocycles. The van der Waals surface area contributed by atoms with Gasteiger partial charge in [0.25, 0.3) is 10.0 Å². The van der Waals surface area contributed by atoms with E-state index in [1.165, 1.54) is 45.6 Å². The largest absolute Gasteiger partial charge is 0.494 e. The second-order valence-corrected chi connectivity index (χ2v) is 7.39. The average Bonchev–Trinajstić information content (AvgIpc) is 2.71. The third-order valence-electron chi connectivity index (χ3n) is 3.88. The van der Waals surface area contributed by atoms with Crippen LogP contribution in [0.5, 0.6) is 17.2 Å². The van der Waals surface area contributed by atoms with Crippen LogP contribution in [0.3, 0.4) is 0 Å². The van der Waals surface area contributed by atoms with Crippen LogP contribution >= 0.6 is 0 Å². The van der Waals surface area contributed by atoms with Crippen LogP contribution in [-0.4, -0.2) is 48.9 Å². The molecular formula is C19H23NO7S. The number of ether oxygens (including phenoxy) is 4. The van der Waals surface area contributed by atoms with Gasteiger partial charge in [0.05, 0.1) is 38.5 Å². The molecule has 0 unspecified atom stereocenters. The number of benzene rings is 2. The molecule has 0 amide bonds. The lowest BCUT2D eigenvalue weighted by Crippen LogP contribution is -2.36. The third-order valence-corrected chi connectivity index (χ3v) is 5.67. The Morgan fingerprint density at radius 2 is 1.61 bits per heavy atom. The first-order chi connectivity index (χ1) is 13.4. The van der Waals surface area contributed by atoms with Gasteiger partial charge in [-0.25, -0.2) is 8.42 Å². The van der Waals surface area contributed by atoms with E-state index < -0.39 is 22.5 Å². The van der Waals surface area contributed by atoms with E-state index in [9.17, 15) is 13.2 Å². The maximum atomic E-state index is 13.2. The van der Waals surface area contributed by atoms with E-state index in [4.69, 9.17) is 14.2 Å². The number of anilines is 1. The lowest BCUT2D eigenvalue weighted by Gasteiger charge is -2.24. The molecule has 9 heteroatoms. The molecule has 0 spiro atoms. The number of methoxy groups -OCH3 is 3. The van der Waals surface area contributed by atoms with Gasteiger partial charge in [0.1, 0.15) is 12.3 Å². The van der Waals surface area contributed by atoms with Crippen LogP contribution in [0.25, 0.3) is 0 Å². The van der Waals surface area contributed by atoms with Crippen molar-refractivity contribution in [3.63, 3.8) is 0 Å². The molecule has 2 aromatic rings. The fourth-order valence-corrected chi connectivity index (χ4v) is 3.88. The topological polar surface area (TPSA) is 91.4 Å². The van der Waals surface area contributed by atoms with Crippen LogP contribution in [0.1, 0.15) is 6.92 Å². The van der Waals surface area contributed by atoms with Gasteiger partial charge in [0.15, 0.2) is 11.5 Å². The molecule has 0 aliphatic rings. The van der Waals surface area contributed by atoms with Gasteiger partial charge in [-0.1, -0.05) is 0 Å². The molecule has 0 N–H and O–H groups in total. The van der Waals surface area contributed by atoms with Crippen molar-refractivity contribution in [1.82, 2.24) is 0 Å². The standard InChI is InChI=1S/C19H23NO7S/c1-5-27-15-7-9-16(10-8-15)28(22,23)20(13-19(21)26-4)14-6-11-17(24-2)18(12-14)25-3/h6-12H,5,13H2,1-4H3. The zero-order valence-electron chi connectivity index (χ0n) is 16.2. The van der Waals surface area contributed by atoms with Gasteiger partial charge in [-0.15, -0.1) is 0 Å². The highest BCUT2D eigenvalue weighted by atomic mass is 32.2. The average molecular weight is 409 g/mol. The van der Waals surface area contributed by atoms with Gasteiger partial charge in [0, 0.05) is 6.07 Å². The summed E-state index contributed by atoms with van der Waals surface area (Å²) in [5.74, 6) is 0.607. The molecule has 8 nitrogen and oxygen atoms in total. The van der Waals surface area contributed by atoms with Crippen molar-refractivity contribution >= 4 is 21.7 Å². The number of sulfonamides is 1. The number of hydrogen-bond acceptors (Lipinski definition) is 7. The lowest BCUT2D eigenvalue weighted by molar-refractivity contribution is -0.138. The number of esters is 1. The fourth-order valence-electron chi connectivity index (χ4n) is 2.48. The van der Waals surface area contributed by atoms with Crippen molar-refractivity contribution < 1.29 is 32.2 Å². The highest BCUT2D eigenvalue weighted by molar-refractivity contribution is 7.92. The molecule has 0 aromatic heterocycles. The molecule has 0 radical (unpaired) electrons. The summed E-state index contributed by atoms with van der Waals surface area (Å²) >= 11 is 0. The molecule has 28 heavy (non-hydrogen) atoms. The second kappa shape index (κ2) is 9.32. The first-order valence-electron chi connectivity index (χ1n) is 8.41. The van der Waals surface area contributed by atoms with Gasteiger partial charge < -0.3 is 18.9 Å². The van der Waals surface area contributed by atoms with Gasteiger partial charge in [-0.3, -0.25) is 9.10 Å². The minimum absolute atomic E-state index is 0.00893. The quantitative estimate of drug-likeness (QED) is 0.588. The van der Waals surface area contributed by atoms with E-state index in [0.717, 1.165) is 4.31 Å². The SMILES string of the molecule is CCOc1ccc(S(=O)(=O)N(CC(=O)OC)c2ccc(OC)c(OC)c2)cc1. The summed E-state index contributed by atoms with van der Waals surface area (Å²) in [7, 11) is 0.0485. The summed E-state index contributed by atoms with van der Waals surface area (Å²) in [6, 6.07) is 10.5. The maximum Gasteiger partial charge on any atom is 0.326 e. The summed E-state index contributed by atoms with van der Waals surface area (Å²) in [6.45, 7) is 1.80. The molecule has 0 atom stereocenters. The Morgan fingerprint density at radius 1 is 0.964 bits per heavy atom. The highest BCUT2D eigenvalue weighted by Gasteiger charge is 2.28. The Kier molecular flexibility index (Phi) is 7.11. The number of nitrogens with zero attached hydrogens (tertiary/aromatic N) is 1. The van der Waals surface area contributed by atoms with Gasteiger partial charge in [0.2, 0.25) is 0 Å². The van der Waals surface area contributed by atoms with Gasteiger partial charge in [-0.05, 0) is 43.3 Å². The zero-order valence-corrected chi connectivity index (χ0v) is 17.0. The zero-order chi connectivity index (χ0) is 20.7. The van der Waals surface area contributed by atoms with E-state index in [2.05, 4.69) is 4.74 Å². The van der Waals surface area contributed by atoms with E-state index in [0.29, 0.717) is 23.9 Å². The van der Waals surface area contributed by atoms with Crippen molar-refractivity contribution in [2.24, 2.45) is 0 Å². The maximum absolute atomic E-state index is 13.2. The Morgan fingerprint density at radius 3 is 2.14 bits per heavy atom. The van der Waals surface area contributed by atoms with Crippen LogP contribution in [0.15, 0.2) is 47.4 Å². The van der Waals surface area contributed by atoms with Crippen molar-refractivity contribution in [3.05, 3.63) is 42.5 Å². The molecule has 0 bridgehead atoms. The molecule has 0 fully saturated rings. The first-order valence-corrected chi connectivity index (χ1v) is 9.85. The Labute approximate surface area is 164 Å². The third kappa shape index (κ3) is 4.66. The van der Waals surface area contributed by atoms with E-state index in [-0.39, 0.29) is 10.6 Å². The molecule has 0 saturated heterocycles. The van der Waals surface area contributed by atoms with Crippen molar-refractivity contribution in [1.29, 1.82) is 0 Å². The van der Waals surface area contributed by atoms with Crippen molar-refractivity contribution in [3.8, 4) is 17.2 Å². The lowest BCUT2D eigenvalue weighted by atomic mass is 10.2. The minimum Gasteiger partial charge on any atom is -0.494 e. The number of carbonyl (C=O) groups is 1. The van der Waals surface area contributed by atoms with Crippen molar-refractivity contribution in [2.75, 3.05) is 38.8 Å². The Hall–Kier alpha value is -2.94. The van der Waals surface area contributed by atoms with E-state index in [1.54, 1.807) is 18.2 Å². The number of rotatable bonds is 9. The Bertz CT molecular complexity index is 910. The molecule has 0 aliphatic carbocycles. The molecule has 0 saturated carbocycles. The smallest absolute Gasteiger partial charge is 0.326 e. The summed E-state index contributed by atoms with van der Waals surface area (Å²) in [4.78, 5) is 11.9. The Balaban J connectivity index is 2.51. The van der Waals surface area contributed by atoms with Crippen LogP contribution in [-0.2, 0) is 19.6 Å². The van der Waals surface area contributed by atoms with Gasteiger partial charge >= 0.3 is 5.97 Å². The molecular weight excluding hydrogens is 386 g/mol. The summed E-state index contributed by atoms with van der Waals surface area (Å²) < 4.78 is 47.8. The van der Waals surface area contributed by atoms with Crippen molar-refractivity contribution in [2.45, 2.75) is 11.8 Å². The monoisotopic (exact) mass is 409 g/mol. The first kappa shape index (κ1) is 21.4. The molecule has 152 valence electrons. The molecule has 0 heterocycles. The summed E-state index contributed by atoms with van der Waals surface area (Å²) in [5, 5.41) is 0. The normalized spacial score (nSPS) is 10.9. The number of hydrogen-bond donors (Lipinski definition) is 0. The van der Waals surface area contributed by atoms with E-state index in [1.807, 2.05) is 6.92 Å². The fraction of sp³-hybridized carbons (Fsp3) is 0.316. The van der Waals surface area contributed by atoms with Crippen LogP contribution in [0.2, 0.25) is 0 Å². The summed E-state index contributed by atoms with van der Waals surface area (Å²) in [5.41, 5.74) is 0.233. The number of carbonyl (C=O) groups excluding carboxylic acids is 1. The van der Waals surface area contributed by atoms with Crippen LogP contribution in [0, 0.1) is 0 Å². The molecule has 0 aliphatic heterocycles. The van der Waals surface area contributed by atoms with Gasteiger partial charge in [-0.2, -0.15) is 0 Å². The van der Waals surface area contributed by atoms with Crippen LogP contribution < -0.4 is 18.5 Å². The van der Waals surface area contributed by atoms with E-state index >= 15 is 0 Å². The molecule has 2 rings (SSSR count). The highest BCUT2D eigenvalue weighted by Crippen LogP contribution is 2.34. The minimum atomic E-state index is -4.05. The summed E-state index contributed by atoms with van der Waals surface area (Å²) in [6.07, 6.45) is 0. The second-order valence-electron chi connectivity index (χ2n) is 5.53.